The lowest BCUT2D eigenvalue weighted by Crippen LogP contribution is -2.51. The van der Waals surface area contributed by atoms with E-state index in [1.165, 1.54) is 26.0 Å². The number of carboxylic acids is 1. The zero-order valence-corrected chi connectivity index (χ0v) is 27.6. The summed E-state index contributed by atoms with van der Waals surface area (Å²) in [4.78, 5) is 85.9. The summed E-state index contributed by atoms with van der Waals surface area (Å²) in [7, 11) is 0. The zero-order valence-electron chi connectivity index (χ0n) is 27.6. The van der Waals surface area contributed by atoms with Crippen molar-refractivity contribution in [3.8, 4) is 0 Å². The summed E-state index contributed by atoms with van der Waals surface area (Å²) in [5.74, 6) is -5.18. The molecule has 0 spiro atoms. The molecule has 17 nitrogen and oxygen atoms in total. The van der Waals surface area contributed by atoms with E-state index in [0.29, 0.717) is 42.5 Å². The number of alkyl halides is 3. The van der Waals surface area contributed by atoms with E-state index in [1.807, 2.05) is 0 Å². The molecule has 0 unspecified atom stereocenters. The molecule has 10 N–H and O–H groups in total. The second kappa shape index (κ2) is 20.6. The third-order valence-corrected chi connectivity index (χ3v) is 6.47. The molecule has 2 atom stereocenters. The Morgan fingerprint density at radius 2 is 1.52 bits per heavy atom. The fourth-order valence-corrected chi connectivity index (χ4v) is 4.19. The van der Waals surface area contributed by atoms with Crippen LogP contribution in [-0.4, -0.2) is 84.5 Å². The predicted octanol–water partition coefficient (Wildman–Crippen LogP) is 0.139. The van der Waals surface area contributed by atoms with Crippen LogP contribution in [0.1, 0.15) is 51.5 Å². The van der Waals surface area contributed by atoms with Crippen LogP contribution < -0.4 is 43.7 Å². The Kier molecular flexibility index (Phi) is 17.5. The highest BCUT2D eigenvalue weighted by Gasteiger charge is 2.38. The number of aliphatic imine (C=N–C) groups is 1. The summed E-state index contributed by atoms with van der Waals surface area (Å²) < 4.78 is 37.0. The lowest BCUT2D eigenvalue weighted by Gasteiger charge is -2.20. The Labute approximate surface area is 283 Å². The van der Waals surface area contributed by atoms with E-state index in [2.05, 4.69) is 31.6 Å². The van der Waals surface area contributed by atoms with Gasteiger partial charge in [-0.1, -0.05) is 0 Å². The lowest BCUT2D eigenvalue weighted by atomic mass is 10.1. The Morgan fingerprint density at radius 1 is 0.900 bits per heavy atom. The average Bonchev–Trinajstić information content (AvgIpc) is 2.99. The number of fused-ring (bicyclic) bond motifs is 1. The molecule has 2 aromatic rings. The molecule has 0 aliphatic rings. The van der Waals surface area contributed by atoms with E-state index in [0.717, 1.165) is 5.56 Å². The lowest BCUT2D eigenvalue weighted by molar-refractivity contribution is -0.192. The molecule has 5 amide bonds. The molecule has 50 heavy (non-hydrogen) atoms. The van der Waals surface area contributed by atoms with Crippen LogP contribution in [0.3, 0.4) is 0 Å². The highest BCUT2D eigenvalue weighted by molar-refractivity contribution is 5.99. The van der Waals surface area contributed by atoms with Crippen LogP contribution in [0.4, 0.5) is 18.9 Å². The number of carboxylic acid groups (broad SMARTS) is 1. The first-order valence-corrected chi connectivity index (χ1v) is 15.1. The zero-order chi connectivity index (χ0) is 38.0. The third-order valence-electron chi connectivity index (χ3n) is 6.47. The number of aliphatic carboxylic acids is 1. The summed E-state index contributed by atoms with van der Waals surface area (Å²) in [6.07, 6.45) is -3.15. The molecular weight excluding hydrogens is 673 g/mol. The number of amides is 5. The minimum absolute atomic E-state index is 0.0896. The quantitative estimate of drug-likeness (QED) is 0.0501. The van der Waals surface area contributed by atoms with E-state index in [4.69, 9.17) is 25.8 Å². The van der Waals surface area contributed by atoms with Crippen molar-refractivity contribution in [2.24, 2.45) is 16.5 Å². The Morgan fingerprint density at radius 3 is 2.10 bits per heavy atom. The van der Waals surface area contributed by atoms with Gasteiger partial charge in [-0.15, -0.1) is 0 Å². The number of halogens is 3. The van der Waals surface area contributed by atoms with Crippen molar-refractivity contribution in [3.05, 3.63) is 40.2 Å². The highest BCUT2D eigenvalue weighted by atomic mass is 19.4. The van der Waals surface area contributed by atoms with Crippen LogP contribution in [0.15, 0.2) is 38.5 Å². The topological polar surface area (TPSA) is 277 Å². The van der Waals surface area contributed by atoms with Gasteiger partial charge in [0.05, 0.1) is 6.54 Å². The number of carbonyl (C=O) groups is 6. The normalized spacial score (nSPS) is 11.9. The van der Waals surface area contributed by atoms with Gasteiger partial charge in [-0.2, -0.15) is 13.2 Å². The predicted molar refractivity (Wildman–Crippen MR) is 175 cm³/mol. The Bertz CT molecular complexity index is 1610. The SMILES string of the molecule is CC(=O)NCCCC[C@H](NC(=O)CNC(=O)[C@H](CCCN=C(N)N)NC(C)=O)C(=O)Nc1ccc2c(C)cc(=O)oc2c1.O=C(O)C(F)(F)F. The van der Waals surface area contributed by atoms with Crippen LogP contribution in [0, 0.1) is 6.92 Å². The number of guanidine groups is 1. The van der Waals surface area contributed by atoms with Crippen LogP contribution in [-0.2, 0) is 28.8 Å². The summed E-state index contributed by atoms with van der Waals surface area (Å²) in [5.41, 5.74) is 11.5. The van der Waals surface area contributed by atoms with Crippen molar-refractivity contribution >= 4 is 58.1 Å². The fourth-order valence-electron chi connectivity index (χ4n) is 4.19. The van der Waals surface area contributed by atoms with Gasteiger partial charge in [0.15, 0.2) is 5.96 Å². The van der Waals surface area contributed by atoms with E-state index >= 15 is 0 Å². The van der Waals surface area contributed by atoms with E-state index < -0.39 is 60.0 Å². The molecule has 1 heterocycles. The number of benzene rings is 1. The number of carbonyl (C=O) groups excluding carboxylic acids is 5. The molecule has 1 aromatic heterocycles. The van der Waals surface area contributed by atoms with Crippen molar-refractivity contribution in [2.45, 2.75) is 71.1 Å². The first kappa shape index (κ1) is 42.3. The average molecular weight is 715 g/mol. The fraction of sp³-hybridized carbons (Fsp3) is 0.467. The molecule has 20 heteroatoms. The first-order valence-electron chi connectivity index (χ1n) is 15.1. The summed E-state index contributed by atoms with van der Waals surface area (Å²) >= 11 is 0. The third kappa shape index (κ3) is 16.9. The number of nitrogens with two attached hydrogens (primary N) is 2. The molecule has 0 saturated carbocycles. The minimum Gasteiger partial charge on any atom is -0.475 e. The second-order valence-corrected chi connectivity index (χ2v) is 10.8. The molecule has 0 radical (unpaired) electrons. The van der Waals surface area contributed by atoms with Crippen molar-refractivity contribution in [1.29, 1.82) is 0 Å². The van der Waals surface area contributed by atoms with Gasteiger partial charge in [0.2, 0.25) is 29.5 Å². The molecule has 0 saturated heterocycles. The molecule has 1 aromatic carbocycles. The first-order chi connectivity index (χ1) is 23.3. The summed E-state index contributed by atoms with van der Waals surface area (Å²) in [6.45, 7) is 4.66. The van der Waals surface area contributed by atoms with Crippen LogP contribution in [0.25, 0.3) is 11.0 Å². The minimum atomic E-state index is -5.08. The number of aryl methyl sites for hydroxylation is 1. The number of nitrogens with zero attached hydrogens (tertiary/aromatic N) is 1. The molecule has 0 bridgehead atoms. The van der Waals surface area contributed by atoms with Crippen LogP contribution in [0.2, 0.25) is 0 Å². The van der Waals surface area contributed by atoms with E-state index in [1.54, 1.807) is 19.1 Å². The molecule has 2 rings (SSSR count). The van der Waals surface area contributed by atoms with E-state index in [-0.39, 0.29) is 31.3 Å². The Balaban J connectivity index is 0.00000161. The van der Waals surface area contributed by atoms with Gasteiger partial charge in [0, 0.05) is 50.1 Å². The van der Waals surface area contributed by atoms with Gasteiger partial charge in [-0.3, -0.25) is 29.0 Å². The number of hydrogen-bond acceptors (Lipinski definition) is 9. The van der Waals surface area contributed by atoms with Crippen LogP contribution in [0.5, 0.6) is 0 Å². The maximum absolute atomic E-state index is 13.2. The second-order valence-electron chi connectivity index (χ2n) is 10.8. The highest BCUT2D eigenvalue weighted by Crippen LogP contribution is 2.21. The van der Waals surface area contributed by atoms with Gasteiger partial charge < -0.3 is 47.6 Å². The van der Waals surface area contributed by atoms with Crippen molar-refractivity contribution in [1.82, 2.24) is 21.3 Å². The van der Waals surface area contributed by atoms with E-state index in [9.17, 15) is 41.9 Å². The number of rotatable bonds is 16. The molecule has 0 aliphatic heterocycles. The number of nitrogens with one attached hydrogen (secondary N) is 5. The number of anilines is 1. The molecular formula is C30H41F3N8O9. The maximum atomic E-state index is 13.2. The van der Waals surface area contributed by atoms with Gasteiger partial charge in [-0.05, 0) is 56.7 Å². The van der Waals surface area contributed by atoms with Gasteiger partial charge >= 0.3 is 17.8 Å². The monoisotopic (exact) mass is 714 g/mol. The molecule has 0 fully saturated rings. The summed E-state index contributed by atoms with van der Waals surface area (Å²) in [6, 6.07) is 4.36. The number of hydrogen-bond donors (Lipinski definition) is 8. The van der Waals surface area contributed by atoms with Crippen LogP contribution >= 0.6 is 0 Å². The standard InChI is InChI=1S/C28H40N8O7.C2HF3O2/c1-16-13-25(40)43-23-14-19(9-10-20(16)23)35-27(42)22(7-4-5-11-31-17(2)37)36-24(39)15-33-26(41)21(34-18(3)38)8-6-12-32-28(29)30;3-2(4,5)1(6)7/h9-10,13-14,21-22H,4-8,11-12,15H2,1-3H3,(H,31,37)(H,33,41)(H,34,38)(H,35,42)(H,36,39)(H4,29,30,32);(H,6,7)/t21-,22-;/m0./s1. The van der Waals surface area contributed by atoms with Gasteiger partial charge in [-0.25, -0.2) is 9.59 Å². The number of unbranched alkanes of at least 4 members (excludes halogenated alkanes) is 1. The van der Waals surface area contributed by atoms with Crippen molar-refractivity contribution < 1.29 is 51.5 Å². The summed E-state index contributed by atoms with van der Waals surface area (Å²) in [5, 5.41) is 20.9. The van der Waals surface area contributed by atoms with Crippen molar-refractivity contribution in [2.75, 3.05) is 25.0 Å². The molecule has 0 aliphatic carbocycles. The Hall–Kier alpha value is -5.69. The van der Waals surface area contributed by atoms with Crippen molar-refractivity contribution in [3.63, 3.8) is 0 Å². The molecule has 276 valence electrons. The van der Waals surface area contributed by atoms with Gasteiger partial charge in [0.25, 0.3) is 0 Å². The maximum Gasteiger partial charge on any atom is 0.490 e. The smallest absolute Gasteiger partial charge is 0.475 e. The van der Waals surface area contributed by atoms with Gasteiger partial charge in [0.1, 0.15) is 17.7 Å². The largest absolute Gasteiger partial charge is 0.490 e.